The van der Waals surface area contributed by atoms with Crippen LogP contribution in [0.25, 0.3) is 10.9 Å². The molecule has 0 saturated heterocycles. The number of carbonyl (C=O) groups excluding carboxylic acids is 1. The van der Waals surface area contributed by atoms with E-state index in [1.807, 2.05) is 37.3 Å². The number of hydrogen-bond acceptors (Lipinski definition) is 3. The Kier molecular flexibility index (Phi) is 4.17. The first-order valence-electron chi connectivity index (χ1n) is 7.10. The molecular formula is C18H15ClN2O2. The molecule has 0 aliphatic rings. The summed E-state index contributed by atoms with van der Waals surface area (Å²) in [4.78, 5) is 16.9. The molecule has 0 atom stereocenters. The van der Waals surface area contributed by atoms with Gasteiger partial charge in [0.25, 0.3) is 5.91 Å². The number of rotatable bonds is 3. The zero-order valence-electron chi connectivity index (χ0n) is 12.8. The summed E-state index contributed by atoms with van der Waals surface area (Å²) in [6, 6.07) is 14.4. The zero-order valence-corrected chi connectivity index (χ0v) is 13.5. The van der Waals surface area contributed by atoms with Gasteiger partial charge in [0.1, 0.15) is 5.75 Å². The van der Waals surface area contributed by atoms with Crippen molar-refractivity contribution in [2.24, 2.45) is 0 Å². The SMILES string of the molecule is COc1ccc(C(=O)Nc2cccc3nc(C)ccc23)cc1Cl. The Bertz CT molecular complexity index is 893. The molecule has 1 N–H and O–H groups in total. The van der Waals surface area contributed by atoms with E-state index in [1.165, 1.54) is 7.11 Å². The molecule has 0 aliphatic carbocycles. The number of hydrogen-bond donors (Lipinski definition) is 1. The zero-order chi connectivity index (χ0) is 16.4. The van der Waals surface area contributed by atoms with E-state index in [-0.39, 0.29) is 5.91 Å². The number of pyridine rings is 1. The normalized spacial score (nSPS) is 10.6. The van der Waals surface area contributed by atoms with Gasteiger partial charge >= 0.3 is 0 Å². The fraction of sp³-hybridized carbons (Fsp3) is 0.111. The van der Waals surface area contributed by atoms with Crippen molar-refractivity contribution in [3.63, 3.8) is 0 Å². The third-order valence-corrected chi connectivity index (χ3v) is 3.83. The lowest BCUT2D eigenvalue weighted by Crippen LogP contribution is -2.12. The Balaban J connectivity index is 1.93. The molecule has 1 amide bonds. The van der Waals surface area contributed by atoms with Gasteiger partial charge in [0.05, 0.1) is 23.3 Å². The number of carbonyl (C=O) groups is 1. The summed E-state index contributed by atoms with van der Waals surface area (Å²) < 4.78 is 5.09. The van der Waals surface area contributed by atoms with Crippen LogP contribution in [0, 0.1) is 6.92 Å². The third-order valence-electron chi connectivity index (χ3n) is 3.53. The highest BCUT2D eigenvalue weighted by molar-refractivity contribution is 6.32. The number of halogens is 1. The Morgan fingerprint density at radius 1 is 1.17 bits per heavy atom. The molecule has 2 aromatic carbocycles. The van der Waals surface area contributed by atoms with Crippen molar-refractivity contribution in [2.45, 2.75) is 6.92 Å². The molecule has 0 unspecified atom stereocenters. The summed E-state index contributed by atoms with van der Waals surface area (Å²) in [5.74, 6) is 0.302. The van der Waals surface area contributed by atoms with Crippen molar-refractivity contribution < 1.29 is 9.53 Å². The Morgan fingerprint density at radius 3 is 2.74 bits per heavy atom. The van der Waals surface area contributed by atoms with Gasteiger partial charge in [-0.25, -0.2) is 0 Å². The number of benzene rings is 2. The van der Waals surface area contributed by atoms with Crippen LogP contribution in [-0.2, 0) is 0 Å². The average molecular weight is 327 g/mol. The molecule has 116 valence electrons. The minimum Gasteiger partial charge on any atom is -0.495 e. The van der Waals surface area contributed by atoms with Gasteiger partial charge in [0.15, 0.2) is 0 Å². The minimum absolute atomic E-state index is 0.234. The number of nitrogens with one attached hydrogen (secondary N) is 1. The van der Waals surface area contributed by atoms with Crippen LogP contribution in [0.3, 0.4) is 0 Å². The van der Waals surface area contributed by atoms with Crippen LogP contribution >= 0.6 is 11.6 Å². The maximum absolute atomic E-state index is 12.4. The van der Waals surface area contributed by atoms with Crippen LogP contribution in [0.4, 0.5) is 5.69 Å². The maximum Gasteiger partial charge on any atom is 0.255 e. The standard InChI is InChI=1S/C18H15ClN2O2/c1-11-6-8-13-15(20-11)4-3-5-16(13)21-18(22)12-7-9-17(23-2)14(19)10-12/h3-10H,1-2H3,(H,21,22). The molecule has 3 aromatic rings. The van der Waals surface area contributed by atoms with E-state index in [9.17, 15) is 4.79 Å². The maximum atomic E-state index is 12.4. The molecule has 0 fully saturated rings. The van der Waals surface area contributed by atoms with Crippen molar-refractivity contribution in [2.75, 3.05) is 12.4 Å². The first-order valence-corrected chi connectivity index (χ1v) is 7.47. The number of nitrogens with zero attached hydrogens (tertiary/aromatic N) is 1. The molecule has 0 saturated carbocycles. The van der Waals surface area contributed by atoms with Crippen LogP contribution in [0.1, 0.15) is 16.1 Å². The van der Waals surface area contributed by atoms with E-state index < -0.39 is 0 Å². The Morgan fingerprint density at radius 2 is 2.00 bits per heavy atom. The van der Waals surface area contributed by atoms with E-state index in [0.29, 0.717) is 22.0 Å². The molecule has 1 aromatic heterocycles. The van der Waals surface area contributed by atoms with Crippen LogP contribution < -0.4 is 10.1 Å². The number of ether oxygens (including phenoxy) is 1. The fourth-order valence-electron chi connectivity index (χ4n) is 2.37. The van der Waals surface area contributed by atoms with Crippen molar-refractivity contribution in [1.29, 1.82) is 0 Å². The van der Waals surface area contributed by atoms with Crippen molar-refractivity contribution in [1.82, 2.24) is 4.98 Å². The van der Waals surface area contributed by atoms with Crippen molar-refractivity contribution in [3.05, 3.63) is 64.8 Å². The quantitative estimate of drug-likeness (QED) is 0.773. The summed E-state index contributed by atoms with van der Waals surface area (Å²) >= 11 is 6.07. The number of fused-ring (bicyclic) bond motifs is 1. The van der Waals surface area contributed by atoms with Crippen LogP contribution in [0.15, 0.2) is 48.5 Å². The summed E-state index contributed by atoms with van der Waals surface area (Å²) in [7, 11) is 1.53. The van der Waals surface area contributed by atoms with E-state index in [1.54, 1.807) is 18.2 Å². The van der Waals surface area contributed by atoms with Gasteiger partial charge in [-0.1, -0.05) is 17.7 Å². The topological polar surface area (TPSA) is 51.2 Å². The van der Waals surface area contributed by atoms with Gasteiger partial charge < -0.3 is 10.1 Å². The molecule has 0 radical (unpaired) electrons. The van der Waals surface area contributed by atoms with Crippen LogP contribution in [0.5, 0.6) is 5.75 Å². The lowest BCUT2D eigenvalue weighted by atomic mass is 10.1. The molecule has 0 aliphatic heterocycles. The predicted molar refractivity (Wildman–Crippen MR) is 92.4 cm³/mol. The first kappa shape index (κ1) is 15.3. The van der Waals surface area contributed by atoms with Crippen molar-refractivity contribution >= 4 is 34.1 Å². The molecule has 5 heteroatoms. The van der Waals surface area contributed by atoms with E-state index in [2.05, 4.69) is 10.3 Å². The molecule has 0 spiro atoms. The summed E-state index contributed by atoms with van der Waals surface area (Å²) in [6.07, 6.45) is 0. The first-order chi connectivity index (χ1) is 11.1. The number of aryl methyl sites for hydroxylation is 1. The second-order valence-corrected chi connectivity index (χ2v) is 5.54. The Hall–Kier alpha value is -2.59. The van der Waals surface area contributed by atoms with Gasteiger partial charge in [-0.2, -0.15) is 0 Å². The van der Waals surface area contributed by atoms with E-state index >= 15 is 0 Å². The fourth-order valence-corrected chi connectivity index (χ4v) is 2.63. The smallest absolute Gasteiger partial charge is 0.255 e. The molecule has 23 heavy (non-hydrogen) atoms. The lowest BCUT2D eigenvalue weighted by molar-refractivity contribution is 0.102. The highest BCUT2D eigenvalue weighted by atomic mass is 35.5. The second kappa shape index (κ2) is 6.26. The van der Waals surface area contributed by atoms with E-state index in [0.717, 1.165) is 16.6 Å². The van der Waals surface area contributed by atoms with Gasteiger partial charge in [0.2, 0.25) is 0 Å². The molecule has 3 rings (SSSR count). The molecule has 1 heterocycles. The highest BCUT2D eigenvalue weighted by Crippen LogP contribution is 2.26. The van der Waals surface area contributed by atoms with Crippen molar-refractivity contribution in [3.8, 4) is 5.75 Å². The van der Waals surface area contributed by atoms with Crippen LogP contribution in [-0.4, -0.2) is 18.0 Å². The monoisotopic (exact) mass is 326 g/mol. The van der Waals surface area contributed by atoms with E-state index in [4.69, 9.17) is 16.3 Å². The van der Waals surface area contributed by atoms with Gasteiger partial charge in [-0.3, -0.25) is 9.78 Å². The van der Waals surface area contributed by atoms with Crippen LogP contribution in [0.2, 0.25) is 5.02 Å². The number of anilines is 1. The highest BCUT2D eigenvalue weighted by Gasteiger charge is 2.11. The number of aromatic nitrogens is 1. The summed E-state index contributed by atoms with van der Waals surface area (Å²) in [5, 5.41) is 4.20. The number of amides is 1. The number of methoxy groups -OCH3 is 1. The molecule has 4 nitrogen and oxygen atoms in total. The molecular weight excluding hydrogens is 312 g/mol. The third kappa shape index (κ3) is 3.12. The predicted octanol–water partition coefficient (Wildman–Crippen LogP) is 4.46. The van der Waals surface area contributed by atoms with Gasteiger partial charge in [-0.05, 0) is 49.4 Å². The summed E-state index contributed by atoms with van der Waals surface area (Å²) in [5.41, 5.74) is 2.96. The molecule has 0 bridgehead atoms. The lowest BCUT2D eigenvalue weighted by Gasteiger charge is -2.10. The van der Waals surface area contributed by atoms with Gasteiger partial charge in [-0.15, -0.1) is 0 Å². The average Bonchev–Trinajstić information content (AvgIpc) is 2.54. The minimum atomic E-state index is -0.234. The second-order valence-electron chi connectivity index (χ2n) is 5.13. The summed E-state index contributed by atoms with van der Waals surface area (Å²) in [6.45, 7) is 1.93. The Labute approximate surface area is 139 Å². The largest absolute Gasteiger partial charge is 0.495 e. The van der Waals surface area contributed by atoms with Gasteiger partial charge in [0, 0.05) is 16.6 Å².